The Bertz CT molecular complexity index is 480. The molecule has 1 saturated heterocycles. The number of ether oxygens (including phenoxy) is 1. The van der Waals surface area contributed by atoms with Gasteiger partial charge in [-0.25, -0.2) is 0 Å². The largest absolute Gasteiger partial charge is 0.388 e. The fraction of sp³-hybridized carbons (Fsp3) is 0.533. The number of carbonyl (C=O) groups is 1. The van der Waals surface area contributed by atoms with Gasteiger partial charge in [-0.2, -0.15) is 0 Å². The number of hydrogen-bond acceptors (Lipinski definition) is 3. The number of aliphatic hydroxyl groups is 1. The molecule has 0 radical (unpaired) electrons. The Balaban J connectivity index is 1.72. The topological polar surface area (TPSA) is 58.6 Å². The van der Waals surface area contributed by atoms with E-state index in [9.17, 15) is 9.90 Å². The molecule has 1 aromatic carbocycles. The molecule has 4 nitrogen and oxygen atoms in total. The summed E-state index contributed by atoms with van der Waals surface area (Å²) in [4.78, 5) is 11.3. The summed E-state index contributed by atoms with van der Waals surface area (Å²) in [5, 5.41) is 13.1. The van der Waals surface area contributed by atoms with Crippen molar-refractivity contribution in [3.8, 4) is 0 Å². The normalized spacial score (nSPS) is 23.8. The minimum Gasteiger partial charge on any atom is -0.388 e. The lowest BCUT2D eigenvalue weighted by Gasteiger charge is -2.20. The Hall–Kier alpha value is -1.39. The molecule has 0 spiro atoms. The van der Waals surface area contributed by atoms with E-state index in [4.69, 9.17) is 4.74 Å². The van der Waals surface area contributed by atoms with Crippen LogP contribution in [0.15, 0.2) is 18.2 Å². The van der Waals surface area contributed by atoms with Gasteiger partial charge in [-0.1, -0.05) is 12.1 Å². The predicted molar refractivity (Wildman–Crippen MR) is 71.9 cm³/mol. The summed E-state index contributed by atoms with van der Waals surface area (Å²) in [6.07, 6.45) is 3.77. The highest BCUT2D eigenvalue weighted by Gasteiger charge is 2.22. The average Bonchev–Trinajstić information content (AvgIpc) is 2.91. The lowest BCUT2D eigenvalue weighted by Crippen LogP contribution is -2.19. The van der Waals surface area contributed by atoms with Crippen LogP contribution in [0.2, 0.25) is 0 Å². The SMILES string of the molecule is O=C1CCc2cc(C(O)CC3CCCO3)ccc2N1. The number of hydrogen-bond donors (Lipinski definition) is 2. The number of rotatable bonds is 3. The minimum absolute atomic E-state index is 0.0696. The van der Waals surface area contributed by atoms with Crippen molar-refractivity contribution in [2.75, 3.05) is 11.9 Å². The Labute approximate surface area is 112 Å². The van der Waals surface area contributed by atoms with Crippen LogP contribution in [0.1, 0.15) is 42.9 Å². The van der Waals surface area contributed by atoms with Gasteiger partial charge in [0, 0.05) is 25.1 Å². The Morgan fingerprint density at radius 1 is 1.42 bits per heavy atom. The number of benzene rings is 1. The van der Waals surface area contributed by atoms with E-state index in [1.807, 2.05) is 18.2 Å². The molecule has 2 aliphatic rings. The molecule has 1 aromatic rings. The highest BCUT2D eigenvalue weighted by atomic mass is 16.5. The number of carbonyl (C=O) groups excluding carboxylic acids is 1. The maximum atomic E-state index is 11.3. The van der Waals surface area contributed by atoms with Gasteiger partial charge in [0.05, 0.1) is 12.2 Å². The first-order valence-corrected chi connectivity index (χ1v) is 6.95. The molecular weight excluding hydrogens is 242 g/mol. The van der Waals surface area contributed by atoms with Crippen molar-refractivity contribution in [3.05, 3.63) is 29.3 Å². The lowest BCUT2D eigenvalue weighted by molar-refractivity contribution is -0.116. The van der Waals surface area contributed by atoms with E-state index < -0.39 is 6.10 Å². The molecule has 2 heterocycles. The number of aliphatic hydroxyl groups excluding tert-OH is 1. The molecule has 2 N–H and O–H groups in total. The van der Waals surface area contributed by atoms with Crippen LogP contribution < -0.4 is 5.32 Å². The number of anilines is 1. The van der Waals surface area contributed by atoms with Crippen LogP contribution in [0.5, 0.6) is 0 Å². The van der Waals surface area contributed by atoms with Gasteiger partial charge in [0.1, 0.15) is 0 Å². The summed E-state index contributed by atoms with van der Waals surface area (Å²) < 4.78 is 5.55. The van der Waals surface area contributed by atoms with E-state index in [1.165, 1.54) is 0 Å². The summed E-state index contributed by atoms with van der Waals surface area (Å²) >= 11 is 0. The molecular formula is C15H19NO3. The van der Waals surface area contributed by atoms with E-state index in [1.54, 1.807) is 0 Å². The predicted octanol–water partition coefficient (Wildman–Crippen LogP) is 2.17. The van der Waals surface area contributed by atoms with E-state index >= 15 is 0 Å². The zero-order valence-electron chi connectivity index (χ0n) is 10.9. The van der Waals surface area contributed by atoms with Gasteiger partial charge in [-0.15, -0.1) is 0 Å². The third-order valence-electron chi connectivity index (χ3n) is 3.92. The van der Waals surface area contributed by atoms with Crippen molar-refractivity contribution in [2.24, 2.45) is 0 Å². The quantitative estimate of drug-likeness (QED) is 0.876. The molecule has 1 amide bonds. The molecule has 0 saturated carbocycles. The summed E-state index contributed by atoms with van der Waals surface area (Å²) in [6, 6.07) is 5.79. The van der Waals surface area contributed by atoms with Crippen LogP contribution in [0, 0.1) is 0 Å². The van der Waals surface area contributed by atoms with Crippen molar-refractivity contribution in [1.29, 1.82) is 0 Å². The van der Waals surface area contributed by atoms with Crippen LogP contribution >= 0.6 is 0 Å². The first-order chi connectivity index (χ1) is 9.22. The second kappa shape index (κ2) is 5.31. The second-order valence-electron chi connectivity index (χ2n) is 5.35. The van der Waals surface area contributed by atoms with Gasteiger partial charge >= 0.3 is 0 Å². The molecule has 2 atom stereocenters. The first-order valence-electron chi connectivity index (χ1n) is 6.95. The van der Waals surface area contributed by atoms with Crippen LogP contribution in [-0.2, 0) is 16.0 Å². The fourth-order valence-electron chi connectivity index (χ4n) is 2.83. The molecule has 3 rings (SSSR count). The lowest BCUT2D eigenvalue weighted by atomic mass is 9.96. The van der Waals surface area contributed by atoms with Crippen molar-refractivity contribution < 1.29 is 14.6 Å². The van der Waals surface area contributed by atoms with Gasteiger partial charge in [0.25, 0.3) is 0 Å². The maximum Gasteiger partial charge on any atom is 0.224 e. The number of aryl methyl sites for hydroxylation is 1. The van der Waals surface area contributed by atoms with E-state index in [-0.39, 0.29) is 12.0 Å². The van der Waals surface area contributed by atoms with E-state index in [0.717, 1.165) is 42.7 Å². The van der Waals surface area contributed by atoms with E-state index in [0.29, 0.717) is 12.8 Å². The van der Waals surface area contributed by atoms with Crippen molar-refractivity contribution in [3.63, 3.8) is 0 Å². The molecule has 1 fully saturated rings. The number of nitrogens with one attached hydrogen (secondary N) is 1. The van der Waals surface area contributed by atoms with Crippen LogP contribution in [0.3, 0.4) is 0 Å². The Kier molecular flexibility index (Phi) is 3.53. The zero-order valence-corrected chi connectivity index (χ0v) is 10.9. The van der Waals surface area contributed by atoms with Crippen LogP contribution in [-0.4, -0.2) is 23.7 Å². The van der Waals surface area contributed by atoms with Crippen molar-refractivity contribution in [1.82, 2.24) is 0 Å². The van der Waals surface area contributed by atoms with Crippen LogP contribution in [0.4, 0.5) is 5.69 Å². The van der Waals surface area contributed by atoms with Gasteiger partial charge in [-0.05, 0) is 36.5 Å². The molecule has 2 unspecified atom stereocenters. The molecule has 2 aliphatic heterocycles. The van der Waals surface area contributed by atoms with Crippen molar-refractivity contribution in [2.45, 2.75) is 44.3 Å². The van der Waals surface area contributed by atoms with Gasteiger partial charge in [-0.3, -0.25) is 4.79 Å². The highest BCUT2D eigenvalue weighted by molar-refractivity contribution is 5.93. The maximum absolute atomic E-state index is 11.3. The molecule has 0 aliphatic carbocycles. The molecule has 4 heteroatoms. The Morgan fingerprint density at radius 3 is 3.11 bits per heavy atom. The summed E-state index contributed by atoms with van der Waals surface area (Å²) in [5.41, 5.74) is 2.92. The van der Waals surface area contributed by atoms with Gasteiger partial charge in [0.15, 0.2) is 0 Å². The van der Waals surface area contributed by atoms with Crippen LogP contribution in [0.25, 0.3) is 0 Å². The van der Waals surface area contributed by atoms with Crippen molar-refractivity contribution >= 4 is 11.6 Å². The molecule has 0 bridgehead atoms. The van der Waals surface area contributed by atoms with Gasteiger partial charge < -0.3 is 15.2 Å². The second-order valence-corrected chi connectivity index (χ2v) is 5.35. The standard InChI is InChI=1S/C15H19NO3/c17-14(9-12-2-1-7-19-12)11-3-5-13-10(8-11)4-6-15(18)16-13/h3,5,8,12,14,17H,1-2,4,6-7,9H2,(H,16,18). The number of amides is 1. The van der Waals surface area contributed by atoms with Gasteiger partial charge in [0.2, 0.25) is 5.91 Å². The third kappa shape index (κ3) is 2.80. The fourth-order valence-corrected chi connectivity index (χ4v) is 2.83. The Morgan fingerprint density at radius 2 is 2.32 bits per heavy atom. The smallest absolute Gasteiger partial charge is 0.224 e. The minimum atomic E-state index is -0.481. The highest BCUT2D eigenvalue weighted by Crippen LogP contribution is 2.29. The zero-order chi connectivity index (χ0) is 13.2. The number of fused-ring (bicyclic) bond motifs is 1. The summed E-state index contributed by atoms with van der Waals surface area (Å²) in [6.45, 7) is 0.813. The molecule has 0 aromatic heterocycles. The molecule has 19 heavy (non-hydrogen) atoms. The average molecular weight is 261 g/mol. The summed E-state index contributed by atoms with van der Waals surface area (Å²) in [5.74, 6) is 0.0696. The molecule has 102 valence electrons. The monoisotopic (exact) mass is 261 g/mol. The van der Waals surface area contributed by atoms with E-state index in [2.05, 4.69) is 5.32 Å². The first kappa shape index (κ1) is 12.6. The summed E-state index contributed by atoms with van der Waals surface area (Å²) in [7, 11) is 0. The third-order valence-corrected chi connectivity index (χ3v) is 3.92.